The van der Waals surface area contributed by atoms with Crippen LogP contribution in [0.4, 0.5) is 8.78 Å². The summed E-state index contributed by atoms with van der Waals surface area (Å²) in [5, 5.41) is 5.41. The summed E-state index contributed by atoms with van der Waals surface area (Å²) < 4.78 is 58.1. The van der Waals surface area contributed by atoms with Gasteiger partial charge in [0.2, 0.25) is 15.9 Å². The first-order chi connectivity index (χ1) is 14.1. The summed E-state index contributed by atoms with van der Waals surface area (Å²) in [6.07, 6.45) is 0. The first-order valence-corrected chi connectivity index (χ1v) is 10.1. The number of methoxy groups -OCH3 is 1. The minimum absolute atomic E-state index is 0.289. The number of fused-ring (bicyclic) bond motifs is 3. The third-order valence-electron chi connectivity index (χ3n) is 4.69. The number of hydrogen-bond acceptors (Lipinski definition) is 6. The highest BCUT2D eigenvalue weighted by molar-refractivity contribution is 7.89. The summed E-state index contributed by atoms with van der Waals surface area (Å²) in [5.41, 5.74) is 0.382. The van der Waals surface area contributed by atoms with Gasteiger partial charge in [-0.05, 0) is 25.1 Å². The lowest BCUT2D eigenvalue weighted by atomic mass is 10.1. The first kappa shape index (κ1) is 19.9. The van der Waals surface area contributed by atoms with Gasteiger partial charge in [-0.2, -0.15) is 4.98 Å². The Hall–Kier alpha value is -3.38. The van der Waals surface area contributed by atoms with Crippen molar-refractivity contribution >= 4 is 32.1 Å². The van der Waals surface area contributed by atoms with Crippen LogP contribution in [0.3, 0.4) is 0 Å². The molecule has 4 aromatic rings. The Morgan fingerprint density at radius 3 is 2.47 bits per heavy atom. The Bertz CT molecular complexity index is 1470. The normalized spacial score (nSPS) is 12.0. The van der Waals surface area contributed by atoms with Crippen LogP contribution in [0.15, 0.2) is 34.0 Å². The first-order valence-electron chi connectivity index (χ1n) is 8.54. The molecule has 1 aromatic carbocycles. The second-order valence-electron chi connectivity index (χ2n) is 6.57. The molecular weight excluding hydrogens is 420 g/mol. The van der Waals surface area contributed by atoms with Gasteiger partial charge < -0.3 is 9.72 Å². The van der Waals surface area contributed by atoms with Crippen molar-refractivity contribution in [3.63, 3.8) is 0 Å². The zero-order chi connectivity index (χ0) is 21.8. The zero-order valence-electron chi connectivity index (χ0n) is 15.7. The van der Waals surface area contributed by atoms with Crippen molar-refractivity contribution < 1.29 is 21.9 Å². The number of sulfonamides is 1. The van der Waals surface area contributed by atoms with Crippen LogP contribution in [0.2, 0.25) is 0 Å². The van der Waals surface area contributed by atoms with Gasteiger partial charge in [0, 0.05) is 17.0 Å². The van der Waals surface area contributed by atoms with E-state index in [1.807, 2.05) is 0 Å². The van der Waals surface area contributed by atoms with E-state index in [0.717, 1.165) is 4.57 Å². The van der Waals surface area contributed by atoms with E-state index in [-0.39, 0.29) is 5.65 Å². The SMILES string of the molecule is COc1ccc2c(n1)nc(C)c1[nH]c(=O)n(Cc3c(F)cc(S(N)(=O)=O)cc3F)c12. The largest absolute Gasteiger partial charge is 0.481 e. The van der Waals surface area contributed by atoms with Crippen LogP contribution in [-0.4, -0.2) is 35.0 Å². The average molecular weight is 435 g/mol. The number of aryl methyl sites for hydroxylation is 1. The average Bonchev–Trinajstić information content (AvgIpc) is 3.00. The lowest BCUT2D eigenvalue weighted by Crippen LogP contribution is -2.20. The Balaban J connectivity index is 1.96. The molecule has 3 aromatic heterocycles. The van der Waals surface area contributed by atoms with E-state index < -0.39 is 44.4 Å². The molecule has 0 fully saturated rings. The summed E-state index contributed by atoms with van der Waals surface area (Å²) in [4.78, 5) is 23.1. The number of aromatic nitrogens is 4. The van der Waals surface area contributed by atoms with E-state index in [4.69, 9.17) is 9.88 Å². The minimum atomic E-state index is -4.29. The summed E-state index contributed by atoms with van der Waals surface area (Å²) in [6, 6.07) is 4.44. The molecule has 3 heterocycles. The van der Waals surface area contributed by atoms with Crippen LogP contribution in [-0.2, 0) is 16.6 Å². The van der Waals surface area contributed by atoms with Crippen molar-refractivity contribution in [1.29, 1.82) is 0 Å². The quantitative estimate of drug-likeness (QED) is 0.500. The van der Waals surface area contributed by atoms with Gasteiger partial charge in [0.1, 0.15) is 11.6 Å². The molecule has 0 saturated heterocycles. The van der Waals surface area contributed by atoms with Crippen molar-refractivity contribution in [2.24, 2.45) is 5.14 Å². The van der Waals surface area contributed by atoms with Crippen molar-refractivity contribution in [2.75, 3.05) is 7.11 Å². The fraction of sp³-hybridized carbons (Fsp3) is 0.167. The summed E-state index contributed by atoms with van der Waals surface area (Å²) in [6.45, 7) is 1.16. The fourth-order valence-corrected chi connectivity index (χ4v) is 3.78. The lowest BCUT2D eigenvalue weighted by molar-refractivity contribution is 0.399. The molecule has 0 amide bonds. The minimum Gasteiger partial charge on any atom is -0.481 e. The van der Waals surface area contributed by atoms with Crippen molar-refractivity contribution in [3.8, 4) is 5.88 Å². The predicted molar refractivity (Wildman–Crippen MR) is 104 cm³/mol. The standard InChI is InChI=1S/C18H15F2N5O4S/c1-8-15-16(10-3-4-14(29-2)23-17(10)22-8)25(18(26)24-15)7-11-12(19)5-9(6-13(11)20)30(21,27)28/h3-6H,7H2,1-2H3,(H,24,26)(H2,21,27,28). The van der Waals surface area contributed by atoms with E-state index in [1.165, 1.54) is 7.11 Å². The second kappa shape index (κ2) is 6.85. The molecular formula is C18H15F2N5O4S. The van der Waals surface area contributed by atoms with Crippen molar-refractivity contribution in [3.05, 3.63) is 57.6 Å². The summed E-state index contributed by atoms with van der Waals surface area (Å²) in [7, 11) is -2.85. The van der Waals surface area contributed by atoms with Crippen LogP contribution in [0.25, 0.3) is 22.1 Å². The summed E-state index contributed by atoms with van der Waals surface area (Å²) >= 11 is 0. The van der Waals surface area contributed by atoms with Gasteiger partial charge in [-0.15, -0.1) is 0 Å². The molecule has 0 radical (unpaired) electrons. The molecule has 30 heavy (non-hydrogen) atoms. The highest BCUT2D eigenvalue weighted by atomic mass is 32.2. The van der Waals surface area contributed by atoms with Gasteiger partial charge in [-0.3, -0.25) is 4.57 Å². The van der Waals surface area contributed by atoms with E-state index in [0.29, 0.717) is 40.1 Å². The molecule has 4 rings (SSSR count). The number of halogens is 2. The number of H-pyrrole nitrogens is 1. The molecule has 0 aliphatic heterocycles. The number of nitrogens with zero attached hydrogens (tertiary/aromatic N) is 3. The molecule has 0 bridgehead atoms. The van der Waals surface area contributed by atoms with E-state index in [1.54, 1.807) is 19.1 Å². The Kier molecular flexibility index (Phi) is 4.55. The van der Waals surface area contributed by atoms with Gasteiger partial charge in [0.05, 0.1) is 35.3 Å². The van der Waals surface area contributed by atoms with Crippen LogP contribution >= 0.6 is 0 Å². The summed E-state index contributed by atoms with van der Waals surface area (Å²) in [5.74, 6) is -1.97. The Morgan fingerprint density at radius 2 is 1.87 bits per heavy atom. The number of nitrogens with two attached hydrogens (primary N) is 1. The lowest BCUT2D eigenvalue weighted by Gasteiger charge is -2.10. The molecule has 0 aliphatic rings. The predicted octanol–water partition coefficient (Wildman–Crippen LogP) is 1.56. The van der Waals surface area contributed by atoms with Gasteiger partial charge in [-0.1, -0.05) is 0 Å². The Morgan fingerprint density at radius 1 is 1.20 bits per heavy atom. The third kappa shape index (κ3) is 3.19. The molecule has 156 valence electrons. The Labute approximate surface area is 168 Å². The number of benzene rings is 1. The highest BCUT2D eigenvalue weighted by Gasteiger charge is 2.21. The van der Waals surface area contributed by atoms with E-state index in [2.05, 4.69) is 15.0 Å². The molecule has 3 N–H and O–H groups in total. The fourth-order valence-electron chi connectivity index (χ4n) is 3.25. The molecule has 0 aliphatic carbocycles. The molecule has 12 heteroatoms. The molecule has 0 unspecified atom stereocenters. The number of nitrogens with one attached hydrogen (secondary N) is 1. The maximum absolute atomic E-state index is 14.5. The highest BCUT2D eigenvalue weighted by Crippen LogP contribution is 2.27. The zero-order valence-corrected chi connectivity index (χ0v) is 16.5. The van der Waals surface area contributed by atoms with Crippen LogP contribution in [0.1, 0.15) is 11.3 Å². The van der Waals surface area contributed by atoms with Crippen LogP contribution in [0.5, 0.6) is 5.88 Å². The number of rotatable bonds is 4. The molecule has 0 spiro atoms. The van der Waals surface area contributed by atoms with Gasteiger partial charge in [-0.25, -0.2) is 32.1 Å². The second-order valence-corrected chi connectivity index (χ2v) is 8.13. The monoisotopic (exact) mass is 435 g/mol. The number of pyridine rings is 2. The van der Waals surface area contributed by atoms with Crippen LogP contribution < -0.4 is 15.6 Å². The maximum atomic E-state index is 14.5. The topological polar surface area (TPSA) is 133 Å². The molecule has 0 atom stereocenters. The molecule has 0 saturated carbocycles. The van der Waals surface area contributed by atoms with E-state index in [9.17, 15) is 22.0 Å². The number of hydrogen-bond donors (Lipinski definition) is 2. The van der Waals surface area contributed by atoms with Gasteiger partial charge in [0.25, 0.3) is 0 Å². The van der Waals surface area contributed by atoms with Crippen LogP contribution in [0, 0.1) is 18.6 Å². The maximum Gasteiger partial charge on any atom is 0.326 e. The number of aromatic amines is 1. The van der Waals surface area contributed by atoms with Crippen molar-refractivity contribution in [2.45, 2.75) is 18.4 Å². The van der Waals surface area contributed by atoms with E-state index >= 15 is 0 Å². The smallest absolute Gasteiger partial charge is 0.326 e. The third-order valence-corrected chi connectivity index (χ3v) is 5.59. The number of imidazole rings is 1. The van der Waals surface area contributed by atoms with Gasteiger partial charge in [0.15, 0.2) is 5.65 Å². The number of ether oxygens (including phenoxy) is 1. The van der Waals surface area contributed by atoms with Gasteiger partial charge >= 0.3 is 5.69 Å². The molecule has 9 nitrogen and oxygen atoms in total. The number of primary sulfonamides is 1. The van der Waals surface area contributed by atoms with Crippen molar-refractivity contribution in [1.82, 2.24) is 19.5 Å².